The highest BCUT2D eigenvalue weighted by molar-refractivity contribution is 9.10. The molecule has 0 saturated heterocycles. The average Bonchev–Trinajstić information content (AvgIpc) is 3.22. The largest absolute Gasteiger partial charge is 0.433 e. The predicted octanol–water partition coefficient (Wildman–Crippen LogP) is 6.10. The molecule has 0 aliphatic heterocycles. The fourth-order valence-electron chi connectivity index (χ4n) is 3.11. The first-order valence-electron chi connectivity index (χ1n) is 9.71. The number of aromatic nitrogens is 4. The molecule has 3 aromatic heterocycles. The van der Waals surface area contributed by atoms with E-state index in [9.17, 15) is 18.3 Å². The molecule has 1 unspecified atom stereocenters. The molecule has 3 heterocycles. The summed E-state index contributed by atoms with van der Waals surface area (Å²) in [7, 11) is 0. The van der Waals surface area contributed by atoms with Gasteiger partial charge in [0.2, 0.25) is 5.95 Å². The Morgan fingerprint density at radius 2 is 1.91 bits per heavy atom. The third-order valence-corrected chi connectivity index (χ3v) is 6.16. The molecule has 0 amide bonds. The van der Waals surface area contributed by atoms with E-state index in [4.69, 9.17) is 0 Å². The highest BCUT2D eigenvalue weighted by Crippen LogP contribution is 2.32. The number of anilines is 2. The summed E-state index contributed by atoms with van der Waals surface area (Å²) < 4.78 is 39.5. The second-order valence-corrected chi connectivity index (χ2v) is 9.16. The van der Waals surface area contributed by atoms with Crippen molar-refractivity contribution in [2.75, 3.05) is 5.32 Å². The number of alkyl halides is 3. The van der Waals surface area contributed by atoms with Crippen LogP contribution in [0.2, 0.25) is 0 Å². The standard InChI is InChI=1S/C22H17BrF3N5OS/c1-12-6-14(8-15(7-12)30-21-27-5-4-18(31-21)22(24,25)26)17-11-29-20(33-17)9-16(32)13-2-3-19(23)28-10-13/h2-8,10-11,16,32H,9H2,1H3,(H,27,30,31). The van der Waals surface area contributed by atoms with Crippen molar-refractivity contribution in [3.05, 3.63) is 81.4 Å². The van der Waals surface area contributed by atoms with E-state index in [1.165, 1.54) is 11.3 Å². The third-order valence-electron chi connectivity index (χ3n) is 4.62. The van der Waals surface area contributed by atoms with Crippen LogP contribution in [0.1, 0.15) is 27.9 Å². The fraction of sp³-hybridized carbons (Fsp3) is 0.182. The lowest BCUT2D eigenvalue weighted by Gasteiger charge is -2.10. The van der Waals surface area contributed by atoms with Gasteiger partial charge in [0.05, 0.1) is 16.0 Å². The van der Waals surface area contributed by atoms with Crippen LogP contribution in [0.15, 0.2) is 59.6 Å². The zero-order valence-electron chi connectivity index (χ0n) is 17.1. The average molecular weight is 536 g/mol. The molecule has 0 bridgehead atoms. The summed E-state index contributed by atoms with van der Waals surface area (Å²) >= 11 is 4.70. The molecular formula is C22H17BrF3N5OS. The van der Waals surface area contributed by atoms with E-state index in [0.29, 0.717) is 22.3 Å². The topological polar surface area (TPSA) is 83.8 Å². The van der Waals surface area contributed by atoms with Crippen molar-refractivity contribution in [2.24, 2.45) is 0 Å². The molecule has 0 fully saturated rings. The predicted molar refractivity (Wildman–Crippen MR) is 123 cm³/mol. The molecule has 1 aromatic carbocycles. The van der Waals surface area contributed by atoms with E-state index in [1.807, 2.05) is 13.0 Å². The molecule has 1 atom stereocenters. The third kappa shape index (κ3) is 5.92. The van der Waals surface area contributed by atoms with Gasteiger partial charge in [0.25, 0.3) is 0 Å². The lowest BCUT2D eigenvalue weighted by atomic mass is 10.1. The molecule has 0 aliphatic rings. The number of hydrogen-bond donors (Lipinski definition) is 2. The molecular weight excluding hydrogens is 519 g/mol. The fourth-order valence-corrected chi connectivity index (χ4v) is 4.29. The summed E-state index contributed by atoms with van der Waals surface area (Å²) in [5.74, 6) is -0.141. The first-order chi connectivity index (χ1) is 15.7. The molecule has 33 heavy (non-hydrogen) atoms. The van der Waals surface area contributed by atoms with Crippen LogP contribution in [-0.4, -0.2) is 25.0 Å². The van der Waals surface area contributed by atoms with Crippen LogP contribution >= 0.6 is 27.3 Å². The van der Waals surface area contributed by atoms with Gasteiger partial charge in [0, 0.05) is 30.7 Å². The minimum Gasteiger partial charge on any atom is -0.388 e. The van der Waals surface area contributed by atoms with Crippen LogP contribution in [0.5, 0.6) is 0 Å². The summed E-state index contributed by atoms with van der Waals surface area (Å²) in [4.78, 5) is 16.8. The number of rotatable bonds is 6. The van der Waals surface area contributed by atoms with Gasteiger partial charge in [0.1, 0.15) is 10.3 Å². The highest BCUT2D eigenvalue weighted by atomic mass is 79.9. The summed E-state index contributed by atoms with van der Waals surface area (Å²) in [5.41, 5.74) is 1.98. The molecule has 0 aliphatic carbocycles. The Kier molecular flexibility index (Phi) is 6.73. The zero-order valence-corrected chi connectivity index (χ0v) is 19.5. The maximum absolute atomic E-state index is 12.9. The zero-order chi connectivity index (χ0) is 23.6. The lowest BCUT2D eigenvalue weighted by molar-refractivity contribution is -0.141. The van der Waals surface area contributed by atoms with Gasteiger partial charge in [-0.05, 0) is 63.8 Å². The maximum Gasteiger partial charge on any atom is 0.433 e. The van der Waals surface area contributed by atoms with Crippen LogP contribution in [-0.2, 0) is 12.6 Å². The quantitative estimate of drug-likeness (QED) is 0.290. The minimum atomic E-state index is -4.55. The van der Waals surface area contributed by atoms with Crippen molar-refractivity contribution >= 4 is 38.9 Å². The normalized spacial score (nSPS) is 12.5. The highest BCUT2D eigenvalue weighted by Gasteiger charge is 2.32. The summed E-state index contributed by atoms with van der Waals surface area (Å²) in [5, 5.41) is 14.1. The van der Waals surface area contributed by atoms with Crippen molar-refractivity contribution in [2.45, 2.75) is 25.6 Å². The monoisotopic (exact) mass is 535 g/mol. The summed E-state index contributed by atoms with van der Waals surface area (Å²) in [6.07, 6.45) is -0.562. The molecule has 11 heteroatoms. The van der Waals surface area contributed by atoms with Gasteiger partial charge in [-0.15, -0.1) is 11.3 Å². The van der Waals surface area contributed by atoms with E-state index < -0.39 is 18.0 Å². The SMILES string of the molecule is Cc1cc(Nc2nccc(C(F)(F)F)n2)cc(-c2cnc(CC(O)c3ccc(Br)nc3)s2)c1. The van der Waals surface area contributed by atoms with Crippen LogP contribution in [0.25, 0.3) is 10.4 Å². The Balaban J connectivity index is 1.52. The van der Waals surface area contributed by atoms with Gasteiger partial charge in [-0.25, -0.2) is 19.9 Å². The number of nitrogens with zero attached hydrogens (tertiary/aromatic N) is 4. The van der Waals surface area contributed by atoms with Crippen molar-refractivity contribution in [1.29, 1.82) is 0 Å². The van der Waals surface area contributed by atoms with Crippen molar-refractivity contribution in [3.63, 3.8) is 0 Å². The Morgan fingerprint density at radius 3 is 2.64 bits per heavy atom. The number of pyridine rings is 1. The Hall–Kier alpha value is -2.89. The van der Waals surface area contributed by atoms with Gasteiger partial charge >= 0.3 is 6.18 Å². The van der Waals surface area contributed by atoms with E-state index in [-0.39, 0.29) is 5.95 Å². The first kappa shape index (κ1) is 23.3. The molecule has 0 spiro atoms. The number of thiazole rings is 1. The molecule has 6 nitrogen and oxygen atoms in total. The minimum absolute atomic E-state index is 0.141. The second-order valence-electron chi connectivity index (χ2n) is 7.23. The molecule has 4 rings (SSSR count). The number of hydrogen-bond acceptors (Lipinski definition) is 7. The number of halogens is 4. The van der Waals surface area contributed by atoms with Crippen LogP contribution in [0.3, 0.4) is 0 Å². The molecule has 0 radical (unpaired) electrons. The smallest absolute Gasteiger partial charge is 0.388 e. The summed E-state index contributed by atoms with van der Waals surface area (Å²) in [6.45, 7) is 1.88. The lowest BCUT2D eigenvalue weighted by Crippen LogP contribution is -2.10. The maximum atomic E-state index is 12.9. The van der Waals surface area contributed by atoms with Gasteiger partial charge in [-0.1, -0.05) is 12.1 Å². The second kappa shape index (κ2) is 9.54. The Morgan fingerprint density at radius 1 is 1.09 bits per heavy atom. The number of aryl methyl sites for hydroxylation is 1. The number of aliphatic hydroxyl groups is 1. The van der Waals surface area contributed by atoms with Crippen molar-refractivity contribution in [1.82, 2.24) is 19.9 Å². The molecule has 0 saturated carbocycles. The van der Waals surface area contributed by atoms with E-state index in [0.717, 1.165) is 33.3 Å². The number of nitrogens with one attached hydrogen (secondary N) is 1. The number of aliphatic hydroxyl groups excluding tert-OH is 1. The van der Waals surface area contributed by atoms with E-state index in [1.54, 1.807) is 36.7 Å². The number of benzene rings is 1. The summed E-state index contributed by atoms with van der Waals surface area (Å²) in [6, 6.07) is 9.92. The molecule has 4 aromatic rings. The van der Waals surface area contributed by atoms with Crippen molar-refractivity contribution < 1.29 is 18.3 Å². The van der Waals surface area contributed by atoms with Crippen molar-refractivity contribution in [3.8, 4) is 10.4 Å². The van der Waals surface area contributed by atoms with Crippen LogP contribution < -0.4 is 5.32 Å². The van der Waals surface area contributed by atoms with Gasteiger partial charge in [-0.3, -0.25) is 0 Å². The van der Waals surface area contributed by atoms with Gasteiger partial charge < -0.3 is 10.4 Å². The van der Waals surface area contributed by atoms with E-state index in [2.05, 4.69) is 41.2 Å². The first-order valence-corrected chi connectivity index (χ1v) is 11.3. The van der Waals surface area contributed by atoms with Crippen LogP contribution in [0.4, 0.5) is 24.8 Å². The van der Waals surface area contributed by atoms with Gasteiger partial charge in [0.15, 0.2) is 0 Å². The molecule has 170 valence electrons. The van der Waals surface area contributed by atoms with E-state index >= 15 is 0 Å². The van der Waals surface area contributed by atoms with Gasteiger partial charge in [-0.2, -0.15) is 13.2 Å². The Bertz CT molecular complexity index is 1260. The Labute approximate surface area is 199 Å². The molecule has 2 N–H and O–H groups in total. The van der Waals surface area contributed by atoms with Crippen LogP contribution in [0, 0.1) is 6.92 Å².